The molecule has 1 heterocycles. The molecule has 1 aliphatic heterocycles. The van der Waals surface area contributed by atoms with E-state index in [1.54, 1.807) is 12.1 Å². The molecule has 2 nitrogen and oxygen atoms in total. The molecule has 1 aromatic carbocycles. The van der Waals surface area contributed by atoms with Crippen molar-refractivity contribution in [2.75, 3.05) is 18.0 Å². The average Bonchev–Trinajstić information content (AvgIpc) is 2.79. The SMILES string of the molecule is CCCC(C)NCC(C)N1CCc2ccc(F)cc21. The molecule has 0 aliphatic carbocycles. The van der Waals surface area contributed by atoms with Gasteiger partial charge in [-0.3, -0.25) is 0 Å². The quantitative estimate of drug-likeness (QED) is 0.847. The van der Waals surface area contributed by atoms with Crippen molar-refractivity contribution in [2.45, 2.75) is 52.1 Å². The fourth-order valence-electron chi connectivity index (χ4n) is 2.85. The van der Waals surface area contributed by atoms with Crippen molar-refractivity contribution in [1.29, 1.82) is 0 Å². The smallest absolute Gasteiger partial charge is 0.125 e. The van der Waals surface area contributed by atoms with Gasteiger partial charge in [0.1, 0.15) is 5.82 Å². The molecule has 0 radical (unpaired) electrons. The summed E-state index contributed by atoms with van der Waals surface area (Å²) in [5.74, 6) is -0.134. The standard InChI is InChI=1S/C16H25FN2/c1-4-5-12(2)18-11-13(3)19-9-8-14-6-7-15(17)10-16(14)19/h6-7,10,12-13,18H,4-5,8-9,11H2,1-3H3. The molecular formula is C16H25FN2. The first-order valence-corrected chi connectivity index (χ1v) is 7.40. The van der Waals surface area contributed by atoms with Crippen molar-refractivity contribution in [3.63, 3.8) is 0 Å². The summed E-state index contributed by atoms with van der Waals surface area (Å²) in [5.41, 5.74) is 2.35. The molecule has 106 valence electrons. The van der Waals surface area contributed by atoms with Gasteiger partial charge in [0.05, 0.1) is 0 Å². The largest absolute Gasteiger partial charge is 0.367 e. The Labute approximate surface area is 116 Å². The minimum absolute atomic E-state index is 0.134. The van der Waals surface area contributed by atoms with E-state index in [1.807, 2.05) is 6.07 Å². The molecule has 2 rings (SSSR count). The van der Waals surface area contributed by atoms with E-state index < -0.39 is 0 Å². The third-order valence-corrected chi connectivity index (χ3v) is 3.99. The molecule has 2 unspecified atom stereocenters. The number of nitrogens with one attached hydrogen (secondary N) is 1. The maximum atomic E-state index is 13.4. The molecular weight excluding hydrogens is 239 g/mol. The molecule has 0 aromatic heterocycles. The van der Waals surface area contributed by atoms with Gasteiger partial charge in [-0.1, -0.05) is 19.4 Å². The van der Waals surface area contributed by atoms with Crippen LogP contribution >= 0.6 is 0 Å². The van der Waals surface area contributed by atoms with Gasteiger partial charge in [0.25, 0.3) is 0 Å². The average molecular weight is 264 g/mol. The topological polar surface area (TPSA) is 15.3 Å². The molecule has 0 spiro atoms. The predicted octanol–water partition coefficient (Wildman–Crippen LogP) is 3.35. The summed E-state index contributed by atoms with van der Waals surface area (Å²) in [6.45, 7) is 8.61. The van der Waals surface area contributed by atoms with Crippen molar-refractivity contribution in [3.8, 4) is 0 Å². The van der Waals surface area contributed by atoms with Crippen LogP contribution in [0.1, 0.15) is 39.2 Å². The van der Waals surface area contributed by atoms with E-state index >= 15 is 0 Å². The summed E-state index contributed by atoms with van der Waals surface area (Å²) >= 11 is 0. The zero-order chi connectivity index (χ0) is 13.8. The lowest BCUT2D eigenvalue weighted by molar-refractivity contribution is 0.475. The fourth-order valence-corrected chi connectivity index (χ4v) is 2.85. The fraction of sp³-hybridized carbons (Fsp3) is 0.625. The lowest BCUT2D eigenvalue weighted by Crippen LogP contribution is -2.42. The Balaban J connectivity index is 1.95. The third kappa shape index (κ3) is 3.47. The van der Waals surface area contributed by atoms with E-state index in [-0.39, 0.29) is 5.82 Å². The summed E-state index contributed by atoms with van der Waals surface area (Å²) in [4.78, 5) is 2.32. The lowest BCUT2D eigenvalue weighted by atomic mass is 10.1. The van der Waals surface area contributed by atoms with E-state index in [0.29, 0.717) is 12.1 Å². The molecule has 0 saturated carbocycles. The molecule has 0 fully saturated rings. The van der Waals surface area contributed by atoms with Crippen LogP contribution in [0.15, 0.2) is 18.2 Å². The van der Waals surface area contributed by atoms with Gasteiger partial charge in [-0.2, -0.15) is 0 Å². The summed E-state index contributed by atoms with van der Waals surface area (Å²) in [6.07, 6.45) is 3.45. The van der Waals surface area contributed by atoms with Gasteiger partial charge in [0.2, 0.25) is 0 Å². The Morgan fingerprint density at radius 2 is 2.16 bits per heavy atom. The molecule has 1 N–H and O–H groups in total. The van der Waals surface area contributed by atoms with Gasteiger partial charge in [0, 0.05) is 30.9 Å². The highest BCUT2D eigenvalue weighted by molar-refractivity contribution is 5.58. The Hall–Kier alpha value is -1.09. The van der Waals surface area contributed by atoms with E-state index in [0.717, 1.165) is 25.2 Å². The van der Waals surface area contributed by atoms with Crippen LogP contribution in [0.5, 0.6) is 0 Å². The highest BCUT2D eigenvalue weighted by atomic mass is 19.1. The van der Waals surface area contributed by atoms with E-state index in [1.165, 1.54) is 18.4 Å². The van der Waals surface area contributed by atoms with Crippen molar-refractivity contribution < 1.29 is 4.39 Å². The molecule has 2 atom stereocenters. The number of hydrogen-bond donors (Lipinski definition) is 1. The highest BCUT2D eigenvalue weighted by Gasteiger charge is 2.23. The molecule has 0 saturated heterocycles. The van der Waals surface area contributed by atoms with E-state index in [9.17, 15) is 4.39 Å². The van der Waals surface area contributed by atoms with Crippen LogP contribution in [0.4, 0.5) is 10.1 Å². The van der Waals surface area contributed by atoms with Gasteiger partial charge in [-0.05, 0) is 44.4 Å². The molecule has 1 aliphatic rings. The van der Waals surface area contributed by atoms with Crippen molar-refractivity contribution >= 4 is 5.69 Å². The number of benzene rings is 1. The number of nitrogens with zero attached hydrogens (tertiary/aromatic N) is 1. The highest BCUT2D eigenvalue weighted by Crippen LogP contribution is 2.30. The maximum absolute atomic E-state index is 13.4. The number of rotatable bonds is 6. The van der Waals surface area contributed by atoms with Crippen LogP contribution in [0.25, 0.3) is 0 Å². The Morgan fingerprint density at radius 3 is 2.89 bits per heavy atom. The van der Waals surface area contributed by atoms with Crippen LogP contribution in [0.2, 0.25) is 0 Å². The second-order valence-electron chi connectivity index (χ2n) is 5.66. The molecule has 19 heavy (non-hydrogen) atoms. The van der Waals surface area contributed by atoms with Crippen LogP contribution < -0.4 is 10.2 Å². The van der Waals surface area contributed by atoms with E-state index in [4.69, 9.17) is 0 Å². The first kappa shape index (κ1) is 14.3. The minimum Gasteiger partial charge on any atom is -0.367 e. The summed E-state index contributed by atoms with van der Waals surface area (Å²) in [7, 11) is 0. The second-order valence-corrected chi connectivity index (χ2v) is 5.66. The maximum Gasteiger partial charge on any atom is 0.125 e. The Kier molecular flexibility index (Phi) is 4.81. The number of hydrogen-bond acceptors (Lipinski definition) is 2. The third-order valence-electron chi connectivity index (χ3n) is 3.99. The van der Waals surface area contributed by atoms with Gasteiger partial charge in [-0.25, -0.2) is 4.39 Å². The lowest BCUT2D eigenvalue weighted by Gasteiger charge is -2.29. The van der Waals surface area contributed by atoms with Crippen LogP contribution in [-0.4, -0.2) is 25.2 Å². The Morgan fingerprint density at radius 1 is 1.37 bits per heavy atom. The second kappa shape index (κ2) is 6.38. The summed E-state index contributed by atoms with van der Waals surface area (Å²) in [6, 6.07) is 6.12. The van der Waals surface area contributed by atoms with Crippen LogP contribution in [0, 0.1) is 5.82 Å². The normalized spacial score (nSPS) is 17.4. The molecule has 0 bridgehead atoms. The van der Waals surface area contributed by atoms with Gasteiger partial charge >= 0.3 is 0 Å². The van der Waals surface area contributed by atoms with Crippen molar-refractivity contribution in [2.24, 2.45) is 0 Å². The number of fused-ring (bicyclic) bond motifs is 1. The van der Waals surface area contributed by atoms with Gasteiger partial charge in [-0.15, -0.1) is 0 Å². The summed E-state index contributed by atoms with van der Waals surface area (Å²) < 4.78 is 13.4. The first-order valence-electron chi connectivity index (χ1n) is 7.40. The van der Waals surface area contributed by atoms with Gasteiger partial charge < -0.3 is 10.2 Å². The molecule has 1 aromatic rings. The zero-order valence-corrected chi connectivity index (χ0v) is 12.2. The first-order chi connectivity index (χ1) is 9.11. The Bertz CT molecular complexity index is 419. The molecule has 0 amide bonds. The van der Waals surface area contributed by atoms with Crippen LogP contribution in [0.3, 0.4) is 0 Å². The zero-order valence-electron chi connectivity index (χ0n) is 12.2. The van der Waals surface area contributed by atoms with Crippen molar-refractivity contribution in [1.82, 2.24) is 5.32 Å². The summed E-state index contributed by atoms with van der Waals surface area (Å²) in [5, 5.41) is 3.57. The minimum atomic E-state index is -0.134. The number of anilines is 1. The number of halogens is 1. The molecule has 3 heteroatoms. The monoisotopic (exact) mass is 264 g/mol. The van der Waals surface area contributed by atoms with E-state index in [2.05, 4.69) is 31.0 Å². The van der Waals surface area contributed by atoms with Gasteiger partial charge in [0.15, 0.2) is 0 Å². The van der Waals surface area contributed by atoms with Crippen LogP contribution in [-0.2, 0) is 6.42 Å². The van der Waals surface area contributed by atoms with Crippen molar-refractivity contribution in [3.05, 3.63) is 29.6 Å². The predicted molar refractivity (Wildman–Crippen MR) is 79.3 cm³/mol.